The fourth-order valence-corrected chi connectivity index (χ4v) is 9.77. The topological polar surface area (TPSA) is 145 Å². The molecule has 6 amide bonds. The van der Waals surface area contributed by atoms with Crippen molar-refractivity contribution in [3.8, 4) is 0 Å². The van der Waals surface area contributed by atoms with Gasteiger partial charge in [-0.2, -0.15) is 0 Å². The first-order valence-electron chi connectivity index (χ1n) is 16.3. The molecule has 3 saturated heterocycles. The quantitative estimate of drug-likeness (QED) is 0.200. The molecular formula is C33H53N5O6Si. The molecule has 4 fully saturated rings. The summed E-state index contributed by atoms with van der Waals surface area (Å²) in [4.78, 5) is 69.8. The van der Waals surface area contributed by atoms with E-state index in [2.05, 4.69) is 29.5 Å². The van der Waals surface area contributed by atoms with E-state index < -0.39 is 49.1 Å². The van der Waals surface area contributed by atoms with Gasteiger partial charge in [0.2, 0.25) is 23.6 Å². The van der Waals surface area contributed by atoms with Crippen molar-refractivity contribution in [3.63, 3.8) is 0 Å². The van der Waals surface area contributed by atoms with Crippen LogP contribution in [-0.2, 0) is 23.6 Å². The number of likely N-dealkylation sites (tertiary alicyclic amines) is 2. The van der Waals surface area contributed by atoms with Crippen LogP contribution in [0.5, 0.6) is 0 Å². The summed E-state index contributed by atoms with van der Waals surface area (Å²) in [5, 5.41) is 8.59. The van der Waals surface area contributed by atoms with Gasteiger partial charge in [0.1, 0.15) is 12.1 Å². The Bertz CT molecular complexity index is 1260. The van der Waals surface area contributed by atoms with Crippen LogP contribution < -0.4 is 16.0 Å². The van der Waals surface area contributed by atoms with E-state index in [0.717, 1.165) is 12.8 Å². The molecule has 3 heterocycles. The molecule has 7 atom stereocenters. The number of hydrogen-bond acceptors (Lipinski definition) is 6. The molecule has 4 aliphatic rings. The van der Waals surface area contributed by atoms with Gasteiger partial charge in [-0.05, 0) is 40.9 Å². The Morgan fingerprint density at radius 3 is 2.13 bits per heavy atom. The van der Waals surface area contributed by atoms with E-state index in [1.807, 2.05) is 55.4 Å². The number of carbonyl (C=O) groups excluding carboxylic acids is 5. The van der Waals surface area contributed by atoms with Gasteiger partial charge >= 0.3 is 14.7 Å². The van der Waals surface area contributed by atoms with E-state index in [9.17, 15) is 28.4 Å². The van der Waals surface area contributed by atoms with Crippen LogP contribution in [0.4, 0.5) is 4.79 Å². The van der Waals surface area contributed by atoms with Crippen LogP contribution in [-0.4, -0.2) is 85.0 Å². The Labute approximate surface area is 269 Å². The van der Waals surface area contributed by atoms with E-state index in [4.69, 9.17) is 0 Å². The van der Waals surface area contributed by atoms with Crippen LogP contribution in [0.3, 0.4) is 0 Å². The Balaban J connectivity index is 1.47. The molecule has 0 bridgehead atoms. The number of urea groups is 1. The van der Waals surface area contributed by atoms with Gasteiger partial charge < -0.3 is 25.3 Å². The van der Waals surface area contributed by atoms with Crippen LogP contribution in [0, 0.1) is 28.1 Å². The maximum absolute atomic E-state index is 14.2. The third kappa shape index (κ3) is 7.10. The lowest BCUT2D eigenvalue weighted by Gasteiger charge is -2.40. The number of rotatable bonds is 9. The molecule has 45 heavy (non-hydrogen) atoms. The average Bonchev–Trinajstić information content (AvgIpc) is 3.68. The van der Waals surface area contributed by atoms with E-state index in [-0.39, 0.29) is 59.6 Å². The summed E-state index contributed by atoms with van der Waals surface area (Å²) in [6, 6.07) is -2.92. The number of imide groups is 1. The molecule has 4 rings (SSSR count). The van der Waals surface area contributed by atoms with Gasteiger partial charge in [0.25, 0.3) is 0 Å². The minimum Gasteiger partial charge on any atom is -0.386 e. The number of amides is 6. The van der Waals surface area contributed by atoms with Gasteiger partial charge in [-0.3, -0.25) is 24.1 Å². The van der Waals surface area contributed by atoms with Gasteiger partial charge in [0.05, 0.1) is 11.7 Å². The molecule has 3 unspecified atom stereocenters. The summed E-state index contributed by atoms with van der Waals surface area (Å²) in [6.45, 7) is 21.3. The maximum Gasteiger partial charge on any atom is 0.315 e. The van der Waals surface area contributed by atoms with Crippen LogP contribution >= 0.6 is 0 Å². The lowest BCUT2D eigenvalue weighted by Crippen LogP contribution is -2.62. The summed E-state index contributed by atoms with van der Waals surface area (Å²) in [7, 11) is -1.89. The summed E-state index contributed by atoms with van der Waals surface area (Å²) in [5.74, 6) is -0.921. The number of nitrogens with one attached hydrogen (secondary N) is 3. The maximum atomic E-state index is 14.2. The van der Waals surface area contributed by atoms with Crippen molar-refractivity contribution in [2.75, 3.05) is 13.1 Å². The van der Waals surface area contributed by atoms with E-state index in [0.29, 0.717) is 18.9 Å². The highest BCUT2D eigenvalue weighted by Gasteiger charge is 2.80. The van der Waals surface area contributed by atoms with Gasteiger partial charge in [0, 0.05) is 31.0 Å². The average molecular weight is 644 g/mol. The van der Waals surface area contributed by atoms with Crippen molar-refractivity contribution >= 4 is 38.3 Å². The SMILES string of the molecule is C=C[C@@H]1C[C@@H](C(=O)NC2[Si](=O)C23CC3CC)N(C(=O)[C@@H](NC(=O)N[C@H](CN2C(=O)CC(C)(C)CC2=O)C(C)(C)C)C(C)(C)C)C1. The zero-order valence-electron chi connectivity index (χ0n) is 28.5. The number of carbonyl (C=O) groups is 5. The number of nitrogens with zero attached hydrogens (tertiary/aromatic N) is 2. The minimum absolute atomic E-state index is 0.0267. The first-order valence-corrected chi connectivity index (χ1v) is 17.8. The predicted molar refractivity (Wildman–Crippen MR) is 171 cm³/mol. The van der Waals surface area contributed by atoms with Crippen LogP contribution in [0.1, 0.15) is 94.4 Å². The zero-order chi connectivity index (χ0) is 33.9. The Morgan fingerprint density at radius 1 is 1.04 bits per heavy atom. The van der Waals surface area contributed by atoms with E-state index in [1.54, 1.807) is 6.08 Å². The lowest BCUT2D eigenvalue weighted by atomic mass is 9.80. The van der Waals surface area contributed by atoms with Gasteiger partial charge in [0.15, 0.2) is 0 Å². The largest absolute Gasteiger partial charge is 0.386 e. The molecule has 1 spiro atoms. The number of hydrogen-bond donors (Lipinski definition) is 3. The third-order valence-electron chi connectivity index (χ3n) is 10.3. The van der Waals surface area contributed by atoms with Gasteiger partial charge in [-0.15, -0.1) is 6.58 Å². The highest BCUT2D eigenvalue weighted by Crippen LogP contribution is 2.74. The van der Waals surface area contributed by atoms with Crippen molar-refractivity contribution in [3.05, 3.63) is 12.7 Å². The standard InChI is InChI=1S/C33H53N5O6Si/c1-11-19-13-21(26(41)36-28-33(45(28)44)14-20(33)12-2)37(17-19)27(42)25(31(6,7)8)35-29(43)34-22(30(3,4)5)18-38-23(39)15-32(9,10)16-24(38)40/h11,19-22,25,28H,1,12-18H2,2-10H3,(H,36,41)(H2,34,35,43)/t19-,20?,21+,22-,25-,28?,33?/m1/s1. The first kappa shape index (κ1) is 35.0. The fourth-order valence-electron chi connectivity index (χ4n) is 7.12. The highest BCUT2D eigenvalue weighted by atomic mass is 28.3. The molecule has 1 aliphatic carbocycles. The predicted octanol–water partition coefficient (Wildman–Crippen LogP) is 3.32. The molecule has 0 aromatic heterocycles. The minimum atomic E-state index is -1.89. The Morgan fingerprint density at radius 2 is 1.64 bits per heavy atom. The molecule has 3 aliphatic heterocycles. The van der Waals surface area contributed by atoms with Gasteiger partial charge in [-0.25, -0.2) is 4.79 Å². The molecule has 3 N–H and O–H groups in total. The lowest BCUT2D eigenvalue weighted by molar-refractivity contribution is -0.153. The summed E-state index contributed by atoms with van der Waals surface area (Å²) in [6.07, 6.45) is 4.46. The zero-order valence-corrected chi connectivity index (χ0v) is 29.5. The smallest absolute Gasteiger partial charge is 0.315 e. The summed E-state index contributed by atoms with van der Waals surface area (Å²) >= 11 is 0. The molecule has 0 radical (unpaired) electrons. The van der Waals surface area contributed by atoms with Crippen molar-refractivity contribution < 1.29 is 28.4 Å². The van der Waals surface area contributed by atoms with Crippen LogP contribution in [0.15, 0.2) is 12.7 Å². The summed E-state index contributed by atoms with van der Waals surface area (Å²) < 4.78 is 12.7. The normalized spacial score (nSPS) is 30.6. The molecule has 250 valence electrons. The number of piperidine rings is 1. The molecule has 0 aromatic rings. The van der Waals surface area contributed by atoms with Crippen molar-refractivity contribution in [1.82, 2.24) is 25.8 Å². The third-order valence-corrected chi connectivity index (χ3v) is 13.0. The van der Waals surface area contributed by atoms with E-state index >= 15 is 0 Å². The van der Waals surface area contributed by atoms with E-state index in [1.165, 1.54) is 9.80 Å². The van der Waals surface area contributed by atoms with Crippen molar-refractivity contribution in [2.45, 2.75) is 123 Å². The Kier molecular flexibility index (Phi) is 9.36. The van der Waals surface area contributed by atoms with Crippen molar-refractivity contribution in [1.29, 1.82) is 0 Å². The second-order valence-corrected chi connectivity index (χ2v) is 18.9. The van der Waals surface area contributed by atoms with Gasteiger partial charge in [-0.1, -0.05) is 74.8 Å². The fraction of sp³-hybridized carbons (Fsp3) is 0.788. The highest BCUT2D eigenvalue weighted by molar-refractivity contribution is 6.65. The second kappa shape index (κ2) is 12.0. The summed E-state index contributed by atoms with van der Waals surface area (Å²) in [5.41, 5.74) is -1.93. The molecule has 1 saturated carbocycles. The molecular weight excluding hydrogens is 590 g/mol. The second-order valence-electron chi connectivity index (χ2n) is 16.6. The monoisotopic (exact) mass is 643 g/mol. The van der Waals surface area contributed by atoms with Crippen LogP contribution in [0.25, 0.3) is 0 Å². The van der Waals surface area contributed by atoms with Crippen molar-refractivity contribution in [2.24, 2.45) is 28.1 Å². The Hall–Kier alpha value is -2.89. The molecule has 11 nitrogen and oxygen atoms in total. The first-order chi connectivity index (χ1) is 20.7. The van der Waals surface area contributed by atoms with Crippen LogP contribution in [0.2, 0.25) is 5.04 Å². The molecule has 12 heteroatoms. The molecule has 0 aromatic carbocycles.